The lowest BCUT2D eigenvalue weighted by Crippen LogP contribution is -2.43. The van der Waals surface area contributed by atoms with E-state index in [2.05, 4.69) is 62.9 Å². The Bertz CT molecular complexity index is 2260. The topological polar surface area (TPSA) is 99.1 Å². The van der Waals surface area contributed by atoms with Gasteiger partial charge in [0.25, 0.3) is 0 Å². The predicted molar refractivity (Wildman–Crippen MR) is 226 cm³/mol. The van der Waals surface area contributed by atoms with Crippen molar-refractivity contribution in [2.45, 2.75) is 102 Å². The van der Waals surface area contributed by atoms with E-state index in [4.69, 9.17) is 28.9 Å². The average molecular weight is 832 g/mol. The number of benzene rings is 2. The van der Waals surface area contributed by atoms with Gasteiger partial charge in [-0.2, -0.15) is 9.97 Å². The number of alkyl halides is 1. The van der Waals surface area contributed by atoms with Crippen LogP contribution >= 0.6 is 0 Å². The second-order valence-corrected chi connectivity index (χ2v) is 23.0. The van der Waals surface area contributed by atoms with E-state index in [0.717, 1.165) is 19.4 Å². The van der Waals surface area contributed by atoms with Gasteiger partial charge in [0.15, 0.2) is 12.6 Å². The van der Waals surface area contributed by atoms with Crippen LogP contribution in [0.2, 0.25) is 16.6 Å². The van der Waals surface area contributed by atoms with Crippen LogP contribution in [0, 0.1) is 29.0 Å². The van der Waals surface area contributed by atoms with Gasteiger partial charge in [-0.25, -0.2) is 13.2 Å². The van der Waals surface area contributed by atoms with Crippen LogP contribution in [0.4, 0.5) is 19.0 Å². The Morgan fingerprint density at radius 3 is 2.47 bits per heavy atom. The SMILES string of the molecule is COCOc1cc(-c2ncc3c(N4CCCC(C(=O)OC)C4)nc(OC[C@]45CCCN4C[C@@H](F)C5)nc3c2F)c2c(C#C[Si](C(C)C)(C(C)C)C(C)C)c(F)ccc2c1. The van der Waals surface area contributed by atoms with Gasteiger partial charge in [0.2, 0.25) is 0 Å². The van der Waals surface area contributed by atoms with Crippen molar-refractivity contribution in [1.29, 1.82) is 0 Å². The minimum absolute atomic E-state index is 0.0583. The van der Waals surface area contributed by atoms with Gasteiger partial charge in [0, 0.05) is 50.3 Å². The van der Waals surface area contributed by atoms with Gasteiger partial charge in [-0.3, -0.25) is 14.7 Å². The Kier molecular flexibility index (Phi) is 12.5. The lowest BCUT2D eigenvalue weighted by molar-refractivity contribution is -0.145. The maximum Gasteiger partial charge on any atom is 0.319 e. The number of hydrogen-bond donors (Lipinski definition) is 0. The number of aromatic nitrogens is 3. The number of pyridine rings is 1. The zero-order chi connectivity index (χ0) is 42.2. The van der Waals surface area contributed by atoms with Gasteiger partial charge < -0.3 is 23.8 Å². The Morgan fingerprint density at radius 1 is 1.00 bits per heavy atom. The van der Waals surface area contributed by atoms with Crippen LogP contribution in [-0.2, 0) is 14.3 Å². The number of carbonyl (C=O) groups is 1. The van der Waals surface area contributed by atoms with E-state index >= 15 is 8.78 Å². The molecule has 0 saturated carbocycles. The molecule has 3 aliphatic rings. The normalized spacial score (nSPS) is 21.1. The number of carbonyl (C=O) groups excluding carboxylic acids is 1. The number of nitrogens with zero attached hydrogens (tertiary/aromatic N) is 5. The summed E-state index contributed by atoms with van der Waals surface area (Å²) in [5.41, 5.74) is 4.36. The van der Waals surface area contributed by atoms with Crippen molar-refractivity contribution < 1.29 is 36.9 Å². The highest BCUT2D eigenvalue weighted by Crippen LogP contribution is 2.44. The van der Waals surface area contributed by atoms with E-state index in [1.165, 1.54) is 26.5 Å². The van der Waals surface area contributed by atoms with Crippen LogP contribution in [0.15, 0.2) is 30.5 Å². The number of methoxy groups -OCH3 is 2. The zero-order valence-electron chi connectivity index (χ0n) is 35.5. The lowest BCUT2D eigenvalue weighted by atomic mass is 9.95. The smallest absolute Gasteiger partial charge is 0.319 e. The van der Waals surface area contributed by atoms with E-state index in [0.29, 0.717) is 83.2 Å². The van der Waals surface area contributed by atoms with Crippen molar-refractivity contribution in [1.82, 2.24) is 19.9 Å². The Labute approximate surface area is 346 Å². The minimum Gasteiger partial charge on any atom is -0.469 e. The third-order valence-electron chi connectivity index (χ3n) is 13.0. The van der Waals surface area contributed by atoms with E-state index in [1.54, 1.807) is 18.2 Å². The minimum atomic E-state index is -2.31. The highest BCUT2D eigenvalue weighted by Gasteiger charge is 2.49. The number of halogens is 3. The summed E-state index contributed by atoms with van der Waals surface area (Å²) in [6.45, 7) is 15.2. The third-order valence-corrected chi connectivity index (χ3v) is 19.3. The lowest BCUT2D eigenvalue weighted by Gasteiger charge is -2.38. The van der Waals surface area contributed by atoms with Crippen LogP contribution in [0.1, 0.15) is 79.2 Å². The summed E-state index contributed by atoms with van der Waals surface area (Å²) in [7, 11) is 0.554. The maximum atomic E-state index is 17.6. The summed E-state index contributed by atoms with van der Waals surface area (Å²) in [5, 5.41) is 1.31. The molecule has 3 fully saturated rings. The van der Waals surface area contributed by atoms with Crippen molar-refractivity contribution in [3.8, 4) is 34.5 Å². The van der Waals surface area contributed by atoms with Gasteiger partial charge in [0.1, 0.15) is 49.4 Å². The van der Waals surface area contributed by atoms with Crippen LogP contribution in [0.25, 0.3) is 32.9 Å². The van der Waals surface area contributed by atoms with Crippen molar-refractivity contribution in [2.24, 2.45) is 5.92 Å². The van der Waals surface area contributed by atoms with Crippen molar-refractivity contribution in [3.05, 3.63) is 47.7 Å². The molecule has 1 unspecified atom stereocenters. The molecule has 0 spiro atoms. The Balaban J connectivity index is 1.43. The molecule has 2 aromatic carbocycles. The quantitative estimate of drug-likeness (QED) is 0.0596. The van der Waals surface area contributed by atoms with Crippen LogP contribution < -0.4 is 14.4 Å². The standard InChI is InChI=1S/C45H56F3N5O5Si/c1-27(2)59(28(3)4,29(5)6)18-14-34-37(47)13-12-30-19-33(58-26-55-7)20-35(38(30)34)40-39(48)41-36(22-49-40)42(52-16-9-11-31(23-52)43(54)56-8)51-44(50-41)57-25-45-15-10-17-53(45)24-32(46)21-45/h12-13,19-20,22,27-29,31-32H,9-11,15-17,21,23-26H2,1-8H3/t31?,32-,45+/m0/s1. The molecule has 0 radical (unpaired) electrons. The summed E-state index contributed by atoms with van der Waals surface area (Å²) in [4.78, 5) is 31.0. The van der Waals surface area contributed by atoms with Crippen LogP contribution in [-0.4, -0.2) is 99.4 Å². The molecule has 4 aromatic rings. The van der Waals surface area contributed by atoms with Gasteiger partial charge in [-0.1, -0.05) is 53.5 Å². The first-order valence-electron chi connectivity index (χ1n) is 20.9. The summed E-state index contributed by atoms with van der Waals surface area (Å²) in [6.07, 6.45) is 3.92. The van der Waals surface area contributed by atoms with E-state index in [1.807, 2.05) is 4.90 Å². The molecule has 2 aromatic heterocycles. The van der Waals surface area contributed by atoms with Crippen molar-refractivity contribution in [3.63, 3.8) is 0 Å². The molecule has 59 heavy (non-hydrogen) atoms. The molecule has 5 heterocycles. The fourth-order valence-corrected chi connectivity index (χ4v) is 15.4. The van der Waals surface area contributed by atoms with Gasteiger partial charge in [-0.05, 0) is 72.4 Å². The molecule has 10 nitrogen and oxygen atoms in total. The van der Waals surface area contributed by atoms with Crippen molar-refractivity contribution in [2.75, 3.05) is 58.7 Å². The molecular weight excluding hydrogens is 776 g/mol. The van der Waals surface area contributed by atoms with Gasteiger partial charge >= 0.3 is 12.0 Å². The first kappa shape index (κ1) is 42.7. The molecule has 7 rings (SSSR count). The molecule has 3 aliphatic heterocycles. The highest BCUT2D eigenvalue weighted by atomic mass is 28.3. The van der Waals surface area contributed by atoms with Crippen LogP contribution in [0.3, 0.4) is 0 Å². The maximum absolute atomic E-state index is 17.6. The molecule has 3 atom stereocenters. The number of rotatable bonds is 12. The first-order valence-corrected chi connectivity index (χ1v) is 23.1. The number of ether oxygens (including phenoxy) is 4. The third kappa shape index (κ3) is 7.98. The van der Waals surface area contributed by atoms with E-state index in [-0.39, 0.29) is 47.7 Å². The summed E-state index contributed by atoms with van der Waals surface area (Å²) in [5.74, 6) is 2.01. The highest BCUT2D eigenvalue weighted by molar-refractivity contribution is 6.90. The second-order valence-electron chi connectivity index (χ2n) is 17.4. The second kappa shape index (κ2) is 17.3. The predicted octanol–water partition coefficient (Wildman–Crippen LogP) is 9.02. The number of piperidine rings is 1. The molecular formula is C45H56F3N5O5Si. The zero-order valence-corrected chi connectivity index (χ0v) is 36.5. The van der Waals surface area contributed by atoms with E-state index < -0.39 is 37.3 Å². The Hall–Kier alpha value is -4.45. The number of esters is 1. The number of hydrogen-bond acceptors (Lipinski definition) is 10. The molecule has 316 valence electrons. The fourth-order valence-electron chi connectivity index (χ4n) is 10.2. The summed E-state index contributed by atoms with van der Waals surface area (Å²) in [6, 6.07) is 6.34. The first-order chi connectivity index (χ1) is 28.2. The summed E-state index contributed by atoms with van der Waals surface area (Å²) < 4.78 is 71.1. The molecule has 0 amide bonds. The number of anilines is 1. The Morgan fingerprint density at radius 2 is 1.76 bits per heavy atom. The van der Waals surface area contributed by atoms with E-state index in [9.17, 15) is 9.18 Å². The molecule has 3 saturated heterocycles. The molecule has 0 aliphatic carbocycles. The van der Waals surface area contributed by atoms with Crippen molar-refractivity contribution >= 4 is 41.5 Å². The molecule has 0 bridgehead atoms. The van der Waals surface area contributed by atoms with Gasteiger partial charge in [0.05, 0.1) is 29.5 Å². The summed E-state index contributed by atoms with van der Waals surface area (Å²) >= 11 is 0. The number of fused-ring (bicyclic) bond motifs is 3. The fraction of sp³-hybridized carbons (Fsp3) is 0.556. The average Bonchev–Trinajstić information content (AvgIpc) is 3.74. The molecule has 14 heteroatoms. The monoisotopic (exact) mass is 831 g/mol. The van der Waals surface area contributed by atoms with Crippen LogP contribution in [0.5, 0.6) is 11.8 Å². The van der Waals surface area contributed by atoms with Gasteiger partial charge in [-0.15, -0.1) is 5.54 Å². The molecule has 0 N–H and O–H groups in total. The largest absolute Gasteiger partial charge is 0.469 e.